The maximum Gasteiger partial charge on any atom is 0.409 e. The molecule has 1 aliphatic heterocycles. The Hall–Kier alpha value is -1.72. The summed E-state index contributed by atoms with van der Waals surface area (Å²) in [5, 5.41) is 1.28. The molecule has 1 amide bonds. The zero-order valence-corrected chi connectivity index (χ0v) is 13.6. The molecule has 0 atom stereocenters. The molecule has 2 heterocycles. The van der Waals surface area contributed by atoms with Gasteiger partial charge in [0.15, 0.2) is 0 Å². The summed E-state index contributed by atoms with van der Waals surface area (Å²) in [5.74, 6) is 0. The van der Waals surface area contributed by atoms with E-state index in [4.69, 9.17) is 4.74 Å². The van der Waals surface area contributed by atoms with Crippen LogP contribution in [-0.2, 0) is 11.3 Å². The molecule has 1 N–H and O–H groups in total. The molecule has 22 heavy (non-hydrogen) atoms. The number of H-pyrrole nitrogens is 1. The lowest BCUT2D eigenvalue weighted by atomic mass is 10.1. The zero-order chi connectivity index (χ0) is 14.7. The molecule has 2 aromatic rings. The lowest BCUT2D eigenvalue weighted by Gasteiger charge is -2.33. The number of nitrogens with one attached hydrogen (secondary N) is 1. The van der Waals surface area contributed by atoms with Gasteiger partial charge in [-0.1, -0.05) is 18.2 Å². The topological polar surface area (TPSA) is 48.6 Å². The van der Waals surface area contributed by atoms with Gasteiger partial charge in [-0.15, -0.1) is 12.4 Å². The lowest BCUT2D eigenvalue weighted by Crippen LogP contribution is -2.48. The normalized spacial score (nSPS) is 15.6. The van der Waals surface area contributed by atoms with Crippen molar-refractivity contribution in [3.05, 3.63) is 36.0 Å². The Morgan fingerprint density at radius 2 is 1.95 bits per heavy atom. The van der Waals surface area contributed by atoms with Crippen molar-refractivity contribution in [2.45, 2.75) is 13.5 Å². The number of piperazine rings is 1. The third-order valence-electron chi connectivity index (χ3n) is 3.97. The summed E-state index contributed by atoms with van der Waals surface area (Å²) in [6, 6.07) is 8.35. The molecule has 120 valence electrons. The average molecular weight is 324 g/mol. The average Bonchev–Trinajstić information content (AvgIpc) is 2.92. The van der Waals surface area contributed by atoms with Crippen LogP contribution in [0.3, 0.4) is 0 Å². The van der Waals surface area contributed by atoms with Gasteiger partial charge < -0.3 is 14.6 Å². The number of amides is 1. The number of para-hydroxylation sites is 1. The molecular formula is C16H22ClN3O2. The molecule has 3 rings (SSSR count). The number of aromatic amines is 1. The van der Waals surface area contributed by atoms with Crippen LogP contribution in [0.15, 0.2) is 30.5 Å². The number of hydrogen-bond acceptors (Lipinski definition) is 3. The van der Waals surface area contributed by atoms with Crippen molar-refractivity contribution in [3.63, 3.8) is 0 Å². The Balaban J connectivity index is 0.00000176. The van der Waals surface area contributed by atoms with Crippen molar-refractivity contribution in [1.82, 2.24) is 14.8 Å². The van der Waals surface area contributed by atoms with Crippen LogP contribution in [0.4, 0.5) is 4.79 Å². The molecule has 0 saturated carbocycles. The van der Waals surface area contributed by atoms with Gasteiger partial charge in [0.1, 0.15) is 0 Å². The Morgan fingerprint density at radius 3 is 2.68 bits per heavy atom. The van der Waals surface area contributed by atoms with Gasteiger partial charge in [-0.05, 0) is 18.6 Å². The summed E-state index contributed by atoms with van der Waals surface area (Å²) in [4.78, 5) is 19.2. The van der Waals surface area contributed by atoms with Crippen LogP contribution < -0.4 is 0 Å². The predicted molar refractivity (Wildman–Crippen MR) is 89.4 cm³/mol. The maximum absolute atomic E-state index is 11.7. The minimum atomic E-state index is -0.191. The fourth-order valence-corrected chi connectivity index (χ4v) is 2.81. The second-order valence-corrected chi connectivity index (χ2v) is 5.32. The third kappa shape index (κ3) is 3.54. The van der Waals surface area contributed by atoms with Crippen molar-refractivity contribution >= 4 is 29.4 Å². The fraction of sp³-hybridized carbons (Fsp3) is 0.438. The van der Waals surface area contributed by atoms with Crippen LogP contribution >= 0.6 is 12.4 Å². The number of nitrogens with zero attached hydrogens (tertiary/aromatic N) is 2. The van der Waals surface area contributed by atoms with Crippen molar-refractivity contribution in [2.24, 2.45) is 0 Å². The monoisotopic (exact) mass is 323 g/mol. The Morgan fingerprint density at radius 1 is 1.23 bits per heavy atom. The fourth-order valence-electron chi connectivity index (χ4n) is 2.81. The standard InChI is InChI=1S/C16H21N3O2.ClH/c1-2-21-16(20)19-9-7-18(8-10-19)12-13-11-17-15-6-4-3-5-14(13)15;/h3-6,11,17H,2,7-10,12H2,1H3;1H. The van der Waals surface area contributed by atoms with Crippen molar-refractivity contribution < 1.29 is 9.53 Å². The number of rotatable bonds is 3. The minimum Gasteiger partial charge on any atom is -0.450 e. The summed E-state index contributed by atoms with van der Waals surface area (Å²) in [7, 11) is 0. The molecule has 1 aromatic heterocycles. The van der Waals surface area contributed by atoms with Gasteiger partial charge in [-0.3, -0.25) is 4.90 Å². The summed E-state index contributed by atoms with van der Waals surface area (Å²) in [6.45, 7) is 6.44. The molecule has 0 spiro atoms. The molecule has 0 radical (unpaired) electrons. The molecular weight excluding hydrogens is 302 g/mol. The molecule has 1 fully saturated rings. The second-order valence-electron chi connectivity index (χ2n) is 5.32. The van der Waals surface area contributed by atoms with E-state index in [1.54, 1.807) is 4.90 Å². The highest BCUT2D eigenvalue weighted by atomic mass is 35.5. The number of ether oxygens (including phenoxy) is 1. The number of carbonyl (C=O) groups excluding carboxylic acids is 1. The van der Waals surface area contributed by atoms with Crippen LogP contribution in [-0.4, -0.2) is 53.7 Å². The number of hydrogen-bond donors (Lipinski definition) is 1. The summed E-state index contributed by atoms with van der Waals surface area (Å²) >= 11 is 0. The van der Waals surface area contributed by atoms with Gasteiger partial charge in [0, 0.05) is 49.8 Å². The number of halogens is 1. The lowest BCUT2D eigenvalue weighted by molar-refractivity contribution is 0.0779. The van der Waals surface area contributed by atoms with Crippen molar-refractivity contribution in [1.29, 1.82) is 0 Å². The van der Waals surface area contributed by atoms with E-state index >= 15 is 0 Å². The quantitative estimate of drug-likeness (QED) is 0.945. The van der Waals surface area contributed by atoms with E-state index in [2.05, 4.69) is 34.3 Å². The van der Waals surface area contributed by atoms with E-state index in [0.29, 0.717) is 6.61 Å². The van der Waals surface area contributed by atoms with Gasteiger partial charge in [-0.2, -0.15) is 0 Å². The van der Waals surface area contributed by atoms with Gasteiger partial charge >= 0.3 is 6.09 Å². The molecule has 0 bridgehead atoms. The van der Waals surface area contributed by atoms with E-state index in [0.717, 1.165) is 32.7 Å². The van der Waals surface area contributed by atoms with Gasteiger partial charge in [0.2, 0.25) is 0 Å². The maximum atomic E-state index is 11.7. The highest BCUT2D eigenvalue weighted by Crippen LogP contribution is 2.20. The first-order valence-corrected chi connectivity index (χ1v) is 7.47. The molecule has 1 saturated heterocycles. The van der Waals surface area contributed by atoms with Gasteiger partial charge in [-0.25, -0.2) is 4.79 Å². The van der Waals surface area contributed by atoms with E-state index in [-0.39, 0.29) is 18.5 Å². The molecule has 1 aromatic carbocycles. The van der Waals surface area contributed by atoms with Crippen molar-refractivity contribution in [3.8, 4) is 0 Å². The molecule has 1 aliphatic rings. The van der Waals surface area contributed by atoms with Gasteiger partial charge in [0.25, 0.3) is 0 Å². The summed E-state index contributed by atoms with van der Waals surface area (Å²) < 4.78 is 5.04. The zero-order valence-electron chi connectivity index (χ0n) is 12.7. The molecule has 6 heteroatoms. The van der Waals surface area contributed by atoms with E-state index in [1.165, 1.54) is 16.5 Å². The summed E-state index contributed by atoms with van der Waals surface area (Å²) in [6.07, 6.45) is 1.90. The Kier molecular flexibility index (Phi) is 5.69. The summed E-state index contributed by atoms with van der Waals surface area (Å²) in [5.41, 5.74) is 2.49. The smallest absolute Gasteiger partial charge is 0.409 e. The second kappa shape index (κ2) is 7.51. The van der Waals surface area contributed by atoms with Crippen LogP contribution in [0.25, 0.3) is 10.9 Å². The Labute approximate surface area is 136 Å². The largest absolute Gasteiger partial charge is 0.450 e. The molecule has 0 unspecified atom stereocenters. The number of carbonyl (C=O) groups is 1. The number of benzene rings is 1. The number of fused-ring (bicyclic) bond motifs is 1. The van der Waals surface area contributed by atoms with Gasteiger partial charge in [0.05, 0.1) is 6.61 Å². The minimum absolute atomic E-state index is 0. The SMILES string of the molecule is CCOC(=O)N1CCN(Cc2c[nH]c3ccccc23)CC1.Cl. The third-order valence-corrected chi connectivity index (χ3v) is 3.97. The van der Waals surface area contributed by atoms with Crippen LogP contribution in [0.1, 0.15) is 12.5 Å². The highest BCUT2D eigenvalue weighted by molar-refractivity contribution is 5.85. The molecule has 5 nitrogen and oxygen atoms in total. The first-order chi connectivity index (χ1) is 10.3. The predicted octanol–water partition coefficient (Wildman–Crippen LogP) is 2.86. The van der Waals surface area contributed by atoms with Crippen LogP contribution in [0.2, 0.25) is 0 Å². The first kappa shape index (κ1) is 16.6. The van der Waals surface area contributed by atoms with E-state index in [1.807, 2.05) is 13.0 Å². The van der Waals surface area contributed by atoms with Crippen LogP contribution in [0, 0.1) is 0 Å². The van der Waals surface area contributed by atoms with E-state index < -0.39 is 0 Å². The Bertz CT molecular complexity index is 621. The first-order valence-electron chi connectivity index (χ1n) is 7.47. The highest BCUT2D eigenvalue weighted by Gasteiger charge is 2.22. The number of aromatic nitrogens is 1. The van der Waals surface area contributed by atoms with Crippen LogP contribution in [0.5, 0.6) is 0 Å². The van der Waals surface area contributed by atoms with Crippen molar-refractivity contribution in [2.75, 3.05) is 32.8 Å². The molecule has 0 aliphatic carbocycles. The van der Waals surface area contributed by atoms with E-state index in [9.17, 15) is 4.79 Å².